The molecule has 1 N–H and O–H groups in total. The third-order valence-corrected chi connectivity index (χ3v) is 4.47. The van der Waals surface area contributed by atoms with Crippen LogP contribution in [0.15, 0.2) is 47.4 Å². The van der Waals surface area contributed by atoms with Crippen molar-refractivity contribution >= 4 is 15.7 Å². The van der Waals surface area contributed by atoms with Crippen LogP contribution >= 0.6 is 0 Å². The average molecular weight is 345 g/mol. The molecular weight excluding hydrogens is 331 g/mol. The molecule has 0 atom stereocenters. The Kier molecular flexibility index (Phi) is 4.56. The molecule has 2 aromatic carbocycles. The van der Waals surface area contributed by atoms with E-state index in [1.807, 2.05) is 0 Å². The molecule has 2 aromatic rings. The van der Waals surface area contributed by atoms with E-state index in [-0.39, 0.29) is 10.6 Å². The maximum absolute atomic E-state index is 12.5. The van der Waals surface area contributed by atoms with Gasteiger partial charge in [-0.1, -0.05) is 6.07 Å². The number of methoxy groups -OCH3 is 1. The summed E-state index contributed by atoms with van der Waals surface area (Å²) in [5.74, 6) is 0.311. The Balaban J connectivity index is 2.34. The molecule has 0 aliphatic carbocycles. The first-order chi connectivity index (χ1) is 10.6. The minimum absolute atomic E-state index is 0.215. The Bertz CT molecular complexity index is 800. The van der Waals surface area contributed by atoms with Crippen molar-refractivity contribution in [2.45, 2.75) is 18.0 Å². The number of ether oxygens (including phenoxy) is 1. The first-order valence-corrected chi connectivity index (χ1v) is 7.96. The lowest BCUT2D eigenvalue weighted by Gasteiger charge is -2.13. The molecule has 0 radical (unpaired) electrons. The van der Waals surface area contributed by atoms with Crippen LogP contribution in [-0.4, -0.2) is 15.5 Å². The van der Waals surface area contributed by atoms with E-state index in [0.717, 1.165) is 29.8 Å². The zero-order valence-corrected chi connectivity index (χ0v) is 13.1. The molecule has 0 bridgehead atoms. The summed E-state index contributed by atoms with van der Waals surface area (Å²) in [6, 6.07) is 8.18. The van der Waals surface area contributed by atoms with Gasteiger partial charge in [-0.25, -0.2) is 8.42 Å². The molecule has 0 fully saturated rings. The largest absolute Gasteiger partial charge is 0.495 e. The molecule has 0 aliphatic heterocycles. The molecule has 4 nitrogen and oxygen atoms in total. The van der Waals surface area contributed by atoms with Crippen LogP contribution in [0.2, 0.25) is 0 Å². The van der Waals surface area contributed by atoms with Gasteiger partial charge in [-0.15, -0.1) is 0 Å². The molecule has 0 spiro atoms. The topological polar surface area (TPSA) is 55.4 Å². The minimum atomic E-state index is -4.52. The fourth-order valence-corrected chi connectivity index (χ4v) is 2.99. The number of anilines is 1. The van der Waals surface area contributed by atoms with Gasteiger partial charge in [0.25, 0.3) is 10.0 Å². The first-order valence-electron chi connectivity index (χ1n) is 6.48. The predicted molar refractivity (Wildman–Crippen MR) is 80.0 cm³/mol. The summed E-state index contributed by atoms with van der Waals surface area (Å²) in [6.45, 7) is 1.77. The van der Waals surface area contributed by atoms with Crippen molar-refractivity contribution in [2.75, 3.05) is 11.8 Å². The van der Waals surface area contributed by atoms with E-state index >= 15 is 0 Å². The second-order valence-corrected chi connectivity index (χ2v) is 6.51. The van der Waals surface area contributed by atoms with Crippen LogP contribution in [0.4, 0.5) is 18.9 Å². The zero-order chi connectivity index (χ0) is 17.3. The number of hydrogen-bond acceptors (Lipinski definition) is 3. The van der Waals surface area contributed by atoms with Gasteiger partial charge in [0.05, 0.1) is 23.3 Å². The van der Waals surface area contributed by atoms with E-state index in [0.29, 0.717) is 5.75 Å². The van der Waals surface area contributed by atoms with Crippen LogP contribution < -0.4 is 9.46 Å². The smallest absolute Gasteiger partial charge is 0.416 e. The number of aryl methyl sites for hydroxylation is 1. The number of nitrogens with one attached hydrogen (secondary N) is 1. The Morgan fingerprint density at radius 1 is 1.04 bits per heavy atom. The SMILES string of the molecule is COc1ccc(C)cc1NS(=O)(=O)c1ccc(C(F)(F)F)cc1. The van der Waals surface area contributed by atoms with Crippen molar-refractivity contribution in [3.63, 3.8) is 0 Å². The number of halogens is 3. The molecule has 0 saturated carbocycles. The standard InChI is InChI=1S/C15H14F3NO3S/c1-10-3-8-14(22-2)13(9-10)19-23(20,21)12-6-4-11(5-7-12)15(16,17)18/h3-9,19H,1-2H3. The first kappa shape index (κ1) is 17.1. The number of rotatable bonds is 4. The highest BCUT2D eigenvalue weighted by Crippen LogP contribution is 2.31. The van der Waals surface area contributed by atoms with Crippen molar-refractivity contribution in [1.29, 1.82) is 0 Å². The second-order valence-electron chi connectivity index (χ2n) is 4.83. The Labute approximate surface area is 132 Å². The second kappa shape index (κ2) is 6.11. The lowest BCUT2D eigenvalue weighted by atomic mass is 10.2. The van der Waals surface area contributed by atoms with Crippen molar-refractivity contribution < 1.29 is 26.3 Å². The van der Waals surface area contributed by atoms with E-state index in [9.17, 15) is 21.6 Å². The highest BCUT2D eigenvalue weighted by atomic mass is 32.2. The van der Waals surface area contributed by atoms with Gasteiger partial charge in [0.1, 0.15) is 5.75 Å². The summed E-state index contributed by atoms with van der Waals surface area (Å²) in [4.78, 5) is -0.269. The lowest BCUT2D eigenvalue weighted by molar-refractivity contribution is -0.137. The summed E-state index contributed by atoms with van der Waals surface area (Å²) in [6.07, 6.45) is -4.52. The van der Waals surface area contributed by atoms with Crippen LogP contribution in [0.5, 0.6) is 5.75 Å². The molecule has 2 rings (SSSR count). The maximum atomic E-state index is 12.5. The Morgan fingerprint density at radius 2 is 1.65 bits per heavy atom. The number of hydrogen-bond donors (Lipinski definition) is 1. The fraction of sp³-hybridized carbons (Fsp3) is 0.200. The van der Waals surface area contributed by atoms with Crippen LogP contribution in [-0.2, 0) is 16.2 Å². The Morgan fingerprint density at radius 3 is 2.17 bits per heavy atom. The van der Waals surface area contributed by atoms with Gasteiger partial charge in [-0.05, 0) is 48.9 Å². The van der Waals surface area contributed by atoms with Crippen molar-refractivity contribution in [1.82, 2.24) is 0 Å². The molecule has 124 valence electrons. The summed E-state index contributed by atoms with van der Waals surface area (Å²) < 4.78 is 69.6. The lowest BCUT2D eigenvalue weighted by Crippen LogP contribution is -2.14. The molecule has 0 aromatic heterocycles. The van der Waals surface area contributed by atoms with Gasteiger partial charge in [-0.2, -0.15) is 13.2 Å². The molecule has 8 heteroatoms. The normalized spacial score (nSPS) is 12.0. The van der Waals surface area contributed by atoms with Gasteiger partial charge in [-0.3, -0.25) is 4.72 Å². The summed E-state index contributed by atoms with van der Waals surface area (Å²) in [7, 11) is -2.63. The molecule has 0 amide bonds. The third kappa shape index (κ3) is 3.95. The number of sulfonamides is 1. The van der Waals surface area contributed by atoms with E-state index < -0.39 is 21.8 Å². The van der Waals surface area contributed by atoms with E-state index in [2.05, 4.69) is 4.72 Å². The van der Waals surface area contributed by atoms with E-state index in [4.69, 9.17) is 4.74 Å². The fourth-order valence-electron chi connectivity index (χ4n) is 1.93. The number of benzene rings is 2. The highest BCUT2D eigenvalue weighted by molar-refractivity contribution is 7.92. The van der Waals surface area contributed by atoms with Crippen LogP contribution in [0.1, 0.15) is 11.1 Å². The maximum Gasteiger partial charge on any atom is 0.416 e. The predicted octanol–water partition coefficient (Wildman–Crippen LogP) is 3.82. The Hall–Kier alpha value is -2.22. The minimum Gasteiger partial charge on any atom is -0.495 e. The third-order valence-electron chi connectivity index (χ3n) is 3.09. The van der Waals surface area contributed by atoms with Crippen LogP contribution in [0, 0.1) is 6.92 Å². The van der Waals surface area contributed by atoms with Crippen LogP contribution in [0.3, 0.4) is 0 Å². The zero-order valence-electron chi connectivity index (χ0n) is 12.3. The van der Waals surface area contributed by atoms with E-state index in [1.54, 1.807) is 25.1 Å². The number of alkyl halides is 3. The van der Waals surface area contributed by atoms with Gasteiger partial charge in [0.2, 0.25) is 0 Å². The summed E-state index contributed by atoms with van der Waals surface area (Å²) in [5, 5.41) is 0. The van der Waals surface area contributed by atoms with E-state index in [1.165, 1.54) is 7.11 Å². The molecule has 0 heterocycles. The molecule has 23 heavy (non-hydrogen) atoms. The van der Waals surface area contributed by atoms with Gasteiger partial charge >= 0.3 is 6.18 Å². The van der Waals surface area contributed by atoms with Crippen LogP contribution in [0.25, 0.3) is 0 Å². The average Bonchev–Trinajstić information content (AvgIpc) is 2.46. The quantitative estimate of drug-likeness (QED) is 0.916. The summed E-state index contributed by atoms with van der Waals surface area (Å²) >= 11 is 0. The summed E-state index contributed by atoms with van der Waals surface area (Å²) in [5.41, 5.74) is 0.105. The molecule has 0 unspecified atom stereocenters. The van der Waals surface area contributed by atoms with Crippen molar-refractivity contribution in [2.24, 2.45) is 0 Å². The monoisotopic (exact) mass is 345 g/mol. The molecule has 0 saturated heterocycles. The van der Waals surface area contributed by atoms with Crippen molar-refractivity contribution in [3.05, 3.63) is 53.6 Å². The van der Waals surface area contributed by atoms with Crippen molar-refractivity contribution in [3.8, 4) is 5.75 Å². The molecular formula is C15H14F3NO3S. The van der Waals surface area contributed by atoms with Gasteiger partial charge < -0.3 is 4.74 Å². The highest BCUT2D eigenvalue weighted by Gasteiger charge is 2.30. The van der Waals surface area contributed by atoms with Gasteiger partial charge in [0.15, 0.2) is 0 Å². The molecule has 0 aliphatic rings. The van der Waals surface area contributed by atoms with Gasteiger partial charge in [0, 0.05) is 0 Å².